The minimum absolute atomic E-state index is 0.184. The van der Waals surface area contributed by atoms with Gasteiger partial charge in [0.15, 0.2) is 11.5 Å². The van der Waals surface area contributed by atoms with Gasteiger partial charge in [-0.15, -0.1) is 0 Å². The Labute approximate surface area is 148 Å². The van der Waals surface area contributed by atoms with Crippen molar-refractivity contribution in [3.05, 3.63) is 47.5 Å². The molecule has 2 aromatic carbocycles. The molecule has 5 nitrogen and oxygen atoms in total. The number of hydrogen-bond acceptors (Lipinski definition) is 5. The molecule has 0 atom stereocenters. The average molecular weight is 343 g/mol. The van der Waals surface area contributed by atoms with E-state index in [9.17, 15) is 5.11 Å². The smallest absolute Gasteiger partial charge is 0.161 e. The first kappa shape index (κ1) is 18.6. The van der Waals surface area contributed by atoms with Crippen molar-refractivity contribution in [3.8, 4) is 23.0 Å². The molecular formula is C20H25NO4. The summed E-state index contributed by atoms with van der Waals surface area (Å²) in [6.07, 6.45) is 2.43. The number of nitrogens with zero attached hydrogens (tertiary/aromatic N) is 1. The van der Waals surface area contributed by atoms with Crippen LogP contribution >= 0.6 is 0 Å². The van der Waals surface area contributed by atoms with E-state index < -0.39 is 0 Å². The number of phenolic OH excluding ortho intramolecular Hbond substituents is 1. The Morgan fingerprint density at radius 1 is 1.00 bits per heavy atom. The maximum Gasteiger partial charge on any atom is 0.161 e. The number of ether oxygens (including phenoxy) is 3. The predicted molar refractivity (Wildman–Crippen MR) is 99.6 cm³/mol. The zero-order chi connectivity index (χ0) is 18.1. The van der Waals surface area contributed by atoms with Gasteiger partial charge in [0.25, 0.3) is 0 Å². The summed E-state index contributed by atoms with van der Waals surface area (Å²) in [7, 11) is 1.59. The van der Waals surface area contributed by atoms with Crippen LogP contribution in [0.15, 0.2) is 41.4 Å². The lowest BCUT2D eigenvalue weighted by Crippen LogP contribution is -2.00. The van der Waals surface area contributed by atoms with E-state index in [0.29, 0.717) is 31.1 Å². The van der Waals surface area contributed by atoms with Gasteiger partial charge in [-0.05, 0) is 56.2 Å². The lowest BCUT2D eigenvalue weighted by Gasteiger charge is -2.12. The van der Waals surface area contributed by atoms with Crippen molar-refractivity contribution in [2.45, 2.75) is 20.3 Å². The highest BCUT2D eigenvalue weighted by molar-refractivity contribution is 5.84. The minimum atomic E-state index is 0.184. The van der Waals surface area contributed by atoms with Crippen LogP contribution in [0.2, 0.25) is 0 Å². The fraction of sp³-hybridized carbons (Fsp3) is 0.350. The molecule has 2 aromatic rings. The van der Waals surface area contributed by atoms with Gasteiger partial charge in [0.05, 0.1) is 20.3 Å². The molecule has 0 saturated carbocycles. The molecule has 0 aliphatic rings. The number of aromatic hydroxyl groups is 1. The van der Waals surface area contributed by atoms with Crippen LogP contribution in [0, 0.1) is 0 Å². The minimum Gasteiger partial charge on any atom is -0.507 e. The van der Waals surface area contributed by atoms with E-state index in [1.807, 2.05) is 32.0 Å². The largest absolute Gasteiger partial charge is 0.507 e. The molecule has 0 aromatic heterocycles. The second-order valence-electron chi connectivity index (χ2n) is 5.36. The van der Waals surface area contributed by atoms with E-state index in [0.717, 1.165) is 23.5 Å². The van der Waals surface area contributed by atoms with E-state index in [1.54, 1.807) is 31.5 Å². The summed E-state index contributed by atoms with van der Waals surface area (Å²) in [5.41, 5.74) is 1.76. The average Bonchev–Trinajstić information content (AvgIpc) is 2.62. The second-order valence-corrected chi connectivity index (χ2v) is 5.36. The van der Waals surface area contributed by atoms with E-state index in [-0.39, 0.29) is 5.75 Å². The first-order valence-electron chi connectivity index (χ1n) is 8.43. The number of rotatable bonds is 9. The van der Waals surface area contributed by atoms with Gasteiger partial charge in [-0.1, -0.05) is 6.07 Å². The summed E-state index contributed by atoms with van der Waals surface area (Å²) < 4.78 is 16.4. The lowest BCUT2D eigenvalue weighted by atomic mass is 10.1. The van der Waals surface area contributed by atoms with Gasteiger partial charge in [-0.25, -0.2) is 0 Å². The predicted octanol–water partition coefficient (Wildman–Crippen LogP) is 3.86. The van der Waals surface area contributed by atoms with Gasteiger partial charge in [-0.2, -0.15) is 0 Å². The zero-order valence-electron chi connectivity index (χ0n) is 15.0. The Morgan fingerprint density at radius 2 is 1.76 bits per heavy atom. The third kappa shape index (κ3) is 5.41. The molecule has 0 spiro atoms. The monoisotopic (exact) mass is 343 g/mol. The van der Waals surface area contributed by atoms with Gasteiger partial charge in [0.2, 0.25) is 0 Å². The van der Waals surface area contributed by atoms with Gasteiger partial charge < -0.3 is 19.3 Å². The number of hydrogen-bond donors (Lipinski definition) is 1. The van der Waals surface area contributed by atoms with Crippen LogP contribution in [-0.2, 0) is 6.42 Å². The highest BCUT2D eigenvalue weighted by Gasteiger charge is 2.06. The van der Waals surface area contributed by atoms with Crippen molar-refractivity contribution < 1.29 is 19.3 Å². The molecule has 0 fully saturated rings. The summed E-state index contributed by atoms with van der Waals surface area (Å²) in [5, 5.41) is 9.85. The Kier molecular flexibility index (Phi) is 7.14. The molecule has 0 heterocycles. The van der Waals surface area contributed by atoms with Crippen LogP contribution in [0.1, 0.15) is 25.0 Å². The summed E-state index contributed by atoms with van der Waals surface area (Å²) in [5.74, 6) is 2.39. The molecule has 5 heteroatoms. The Hall–Kier alpha value is -2.69. The normalized spacial score (nSPS) is 10.8. The molecule has 0 aliphatic carbocycles. The number of aliphatic imine (C=N–C) groups is 1. The Balaban J connectivity index is 2.00. The molecule has 25 heavy (non-hydrogen) atoms. The highest BCUT2D eigenvalue weighted by atomic mass is 16.5. The van der Waals surface area contributed by atoms with Crippen LogP contribution in [0.3, 0.4) is 0 Å². The third-order valence-corrected chi connectivity index (χ3v) is 3.60. The second kappa shape index (κ2) is 9.57. The molecule has 0 aliphatic heterocycles. The van der Waals surface area contributed by atoms with Crippen LogP contribution in [0.4, 0.5) is 0 Å². The molecule has 134 valence electrons. The van der Waals surface area contributed by atoms with Gasteiger partial charge in [0, 0.05) is 18.3 Å². The van der Waals surface area contributed by atoms with Crippen molar-refractivity contribution in [2.75, 3.05) is 26.9 Å². The highest BCUT2D eigenvalue weighted by Crippen LogP contribution is 2.28. The van der Waals surface area contributed by atoms with Gasteiger partial charge in [-0.3, -0.25) is 4.99 Å². The quantitative estimate of drug-likeness (QED) is 0.702. The Morgan fingerprint density at radius 3 is 2.48 bits per heavy atom. The molecule has 0 radical (unpaired) electrons. The van der Waals surface area contributed by atoms with Gasteiger partial charge >= 0.3 is 0 Å². The summed E-state index contributed by atoms with van der Waals surface area (Å²) in [6.45, 7) is 5.71. The maximum atomic E-state index is 9.85. The van der Waals surface area contributed by atoms with Crippen molar-refractivity contribution >= 4 is 6.21 Å². The molecule has 2 rings (SSSR count). The Bertz CT molecular complexity index is 713. The van der Waals surface area contributed by atoms with Crippen molar-refractivity contribution in [3.63, 3.8) is 0 Å². The third-order valence-electron chi connectivity index (χ3n) is 3.60. The fourth-order valence-electron chi connectivity index (χ4n) is 2.37. The molecular weight excluding hydrogens is 318 g/mol. The molecule has 1 N–H and O–H groups in total. The number of benzene rings is 2. The zero-order valence-corrected chi connectivity index (χ0v) is 15.0. The summed E-state index contributed by atoms with van der Waals surface area (Å²) in [6, 6.07) is 11.0. The summed E-state index contributed by atoms with van der Waals surface area (Å²) >= 11 is 0. The van der Waals surface area contributed by atoms with E-state index >= 15 is 0 Å². The van der Waals surface area contributed by atoms with Gasteiger partial charge in [0.1, 0.15) is 11.5 Å². The van der Waals surface area contributed by atoms with Crippen molar-refractivity contribution in [1.82, 2.24) is 0 Å². The van der Waals surface area contributed by atoms with E-state index in [2.05, 4.69) is 4.99 Å². The van der Waals surface area contributed by atoms with Crippen LogP contribution < -0.4 is 14.2 Å². The van der Waals surface area contributed by atoms with E-state index in [1.165, 1.54) is 0 Å². The lowest BCUT2D eigenvalue weighted by molar-refractivity contribution is 0.287. The standard InChI is InChI=1S/C20H25NO4/c1-4-24-19-9-6-15(12-20(19)25-5-2)10-11-21-14-16-13-17(23-3)7-8-18(16)22/h6-9,12-14,22H,4-5,10-11H2,1-3H3. The SMILES string of the molecule is CCOc1ccc(CCN=Cc2cc(OC)ccc2O)cc1OCC. The van der Waals surface area contributed by atoms with Crippen LogP contribution in [0.25, 0.3) is 0 Å². The number of methoxy groups -OCH3 is 1. The molecule has 0 saturated heterocycles. The molecule has 0 amide bonds. The van der Waals surface area contributed by atoms with Crippen molar-refractivity contribution in [2.24, 2.45) is 4.99 Å². The van der Waals surface area contributed by atoms with Crippen LogP contribution in [-0.4, -0.2) is 38.2 Å². The van der Waals surface area contributed by atoms with Crippen LogP contribution in [0.5, 0.6) is 23.0 Å². The fourth-order valence-corrected chi connectivity index (χ4v) is 2.37. The number of phenols is 1. The molecule has 0 unspecified atom stereocenters. The first-order valence-corrected chi connectivity index (χ1v) is 8.43. The maximum absolute atomic E-state index is 9.85. The topological polar surface area (TPSA) is 60.3 Å². The molecule has 0 bridgehead atoms. The first-order chi connectivity index (χ1) is 12.2. The summed E-state index contributed by atoms with van der Waals surface area (Å²) in [4.78, 5) is 4.39. The van der Waals surface area contributed by atoms with E-state index in [4.69, 9.17) is 14.2 Å². The van der Waals surface area contributed by atoms with Crippen molar-refractivity contribution in [1.29, 1.82) is 0 Å².